The van der Waals surface area contributed by atoms with Crippen molar-refractivity contribution in [2.24, 2.45) is 0 Å². The molecule has 2 amide bonds. The quantitative estimate of drug-likeness (QED) is 0.235. The molecule has 0 spiro atoms. The lowest BCUT2D eigenvalue weighted by Crippen LogP contribution is -2.31. The lowest BCUT2D eigenvalue weighted by Gasteiger charge is -2.18. The average Bonchev–Trinajstić information content (AvgIpc) is 3.22. The van der Waals surface area contributed by atoms with Crippen LogP contribution in [0, 0.1) is 20.8 Å². The summed E-state index contributed by atoms with van der Waals surface area (Å²) in [4.78, 5) is 24.6. The zero-order chi connectivity index (χ0) is 30.2. The SMILES string of the molecule is CCc1c(C)n(CCCOc2cc(C)c(Cl)c(C)c2)c2ccc(C(=O)NS(=O)(=O)c3ccc4c(c3)NC(=O)CO4)cc12. The van der Waals surface area contributed by atoms with Gasteiger partial charge in [-0.1, -0.05) is 18.5 Å². The topological polar surface area (TPSA) is 116 Å². The monoisotopic (exact) mass is 609 g/mol. The highest BCUT2D eigenvalue weighted by Gasteiger charge is 2.24. The Labute approximate surface area is 249 Å². The van der Waals surface area contributed by atoms with Crippen LogP contribution in [0.4, 0.5) is 5.69 Å². The van der Waals surface area contributed by atoms with Gasteiger partial charge in [0.2, 0.25) is 0 Å². The molecular formula is C31H32ClN3O6S. The summed E-state index contributed by atoms with van der Waals surface area (Å²) < 4.78 is 41.7. The zero-order valence-electron chi connectivity index (χ0n) is 23.8. The Morgan fingerprint density at radius 1 is 1.10 bits per heavy atom. The molecule has 1 aliphatic heterocycles. The van der Waals surface area contributed by atoms with Crippen LogP contribution in [-0.2, 0) is 27.8 Å². The van der Waals surface area contributed by atoms with Crippen molar-refractivity contribution in [2.45, 2.75) is 52.0 Å². The Morgan fingerprint density at radius 3 is 2.55 bits per heavy atom. The summed E-state index contributed by atoms with van der Waals surface area (Å²) in [7, 11) is -4.21. The van der Waals surface area contributed by atoms with Crippen LogP contribution in [0.15, 0.2) is 53.4 Å². The van der Waals surface area contributed by atoms with Crippen LogP contribution in [0.1, 0.15) is 46.1 Å². The first kappa shape index (κ1) is 29.5. The number of anilines is 1. The molecule has 42 heavy (non-hydrogen) atoms. The summed E-state index contributed by atoms with van der Waals surface area (Å²) in [5.74, 6) is 0.0164. The van der Waals surface area contributed by atoms with E-state index in [0.29, 0.717) is 18.9 Å². The lowest BCUT2D eigenvalue weighted by molar-refractivity contribution is -0.118. The third-order valence-corrected chi connectivity index (χ3v) is 9.32. The van der Waals surface area contributed by atoms with Gasteiger partial charge in [-0.15, -0.1) is 0 Å². The van der Waals surface area contributed by atoms with Gasteiger partial charge in [0.05, 0.1) is 17.2 Å². The summed E-state index contributed by atoms with van der Waals surface area (Å²) in [6.45, 7) is 9.11. The molecule has 2 heterocycles. The highest BCUT2D eigenvalue weighted by atomic mass is 35.5. The molecule has 0 saturated heterocycles. The fraction of sp³-hybridized carbons (Fsp3) is 0.290. The second-order valence-corrected chi connectivity index (χ2v) is 12.4. The second kappa shape index (κ2) is 11.7. The molecule has 9 nitrogen and oxygen atoms in total. The van der Waals surface area contributed by atoms with Crippen LogP contribution in [-0.4, -0.2) is 38.0 Å². The van der Waals surface area contributed by atoms with Crippen LogP contribution in [0.5, 0.6) is 11.5 Å². The van der Waals surface area contributed by atoms with Gasteiger partial charge < -0.3 is 19.4 Å². The van der Waals surface area contributed by atoms with Gasteiger partial charge in [0.1, 0.15) is 11.5 Å². The Morgan fingerprint density at radius 2 is 1.83 bits per heavy atom. The van der Waals surface area contributed by atoms with E-state index in [1.807, 2.05) is 39.0 Å². The highest BCUT2D eigenvalue weighted by molar-refractivity contribution is 7.90. The zero-order valence-corrected chi connectivity index (χ0v) is 25.4. The van der Waals surface area contributed by atoms with Crippen molar-refractivity contribution in [3.05, 3.63) is 81.5 Å². The van der Waals surface area contributed by atoms with E-state index in [1.54, 1.807) is 12.1 Å². The van der Waals surface area contributed by atoms with Gasteiger partial charge in [0.15, 0.2) is 6.61 Å². The Bertz CT molecular complexity index is 1810. The van der Waals surface area contributed by atoms with Gasteiger partial charge >= 0.3 is 0 Å². The molecule has 2 N–H and O–H groups in total. The van der Waals surface area contributed by atoms with Crippen molar-refractivity contribution in [2.75, 3.05) is 18.5 Å². The molecule has 3 aromatic carbocycles. The Kier molecular flexibility index (Phi) is 8.21. The minimum Gasteiger partial charge on any atom is -0.494 e. The van der Waals surface area contributed by atoms with Crippen LogP contribution >= 0.6 is 11.6 Å². The van der Waals surface area contributed by atoms with E-state index in [9.17, 15) is 18.0 Å². The number of fused-ring (bicyclic) bond motifs is 2. The summed E-state index contributed by atoms with van der Waals surface area (Å²) in [5, 5.41) is 4.22. The minimum atomic E-state index is -4.21. The predicted molar refractivity (Wildman–Crippen MR) is 162 cm³/mol. The molecule has 0 radical (unpaired) electrons. The van der Waals surface area contributed by atoms with E-state index in [1.165, 1.54) is 18.2 Å². The molecule has 5 rings (SSSR count). The number of benzene rings is 3. The van der Waals surface area contributed by atoms with Gasteiger partial charge in [-0.2, -0.15) is 0 Å². The number of amides is 2. The highest BCUT2D eigenvalue weighted by Crippen LogP contribution is 2.31. The number of sulfonamides is 1. The third-order valence-electron chi connectivity index (χ3n) is 7.40. The first-order chi connectivity index (χ1) is 20.0. The molecule has 11 heteroatoms. The number of hydrogen-bond acceptors (Lipinski definition) is 6. The number of nitrogens with zero attached hydrogens (tertiary/aromatic N) is 1. The number of halogens is 1. The van der Waals surface area contributed by atoms with Gasteiger partial charge in [-0.3, -0.25) is 9.59 Å². The minimum absolute atomic E-state index is 0.143. The number of rotatable bonds is 9. The number of carbonyl (C=O) groups is 2. The molecule has 0 aliphatic carbocycles. The number of ether oxygens (including phenoxy) is 2. The summed E-state index contributed by atoms with van der Waals surface area (Å²) >= 11 is 6.27. The smallest absolute Gasteiger partial charge is 0.265 e. The van der Waals surface area contributed by atoms with Gasteiger partial charge in [-0.25, -0.2) is 13.1 Å². The van der Waals surface area contributed by atoms with E-state index in [2.05, 4.69) is 21.5 Å². The maximum absolute atomic E-state index is 13.1. The number of carbonyl (C=O) groups excluding carboxylic acids is 2. The molecule has 4 aromatic rings. The van der Waals surface area contributed by atoms with Gasteiger partial charge in [-0.05, 0) is 98.8 Å². The molecule has 0 atom stereocenters. The van der Waals surface area contributed by atoms with E-state index < -0.39 is 15.9 Å². The molecule has 0 fully saturated rings. The summed E-state index contributed by atoms with van der Waals surface area (Å²) in [5.41, 5.74) is 5.56. The van der Waals surface area contributed by atoms with Crippen molar-refractivity contribution >= 4 is 50.0 Å². The molecule has 0 saturated carbocycles. The van der Waals surface area contributed by atoms with E-state index >= 15 is 0 Å². The standard InChI is InChI=1S/C31H32ClN3O6S/c1-5-24-20(4)35(11-6-12-40-22-13-18(2)30(32)19(3)14-22)27-9-7-21(15-25(24)27)31(37)34-42(38,39)23-8-10-28-26(16-23)33-29(36)17-41-28/h7-10,13-16H,5-6,11-12,17H2,1-4H3,(H,33,36)(H,34,37). The molecule has 1 aromatic heterocycles. The molecule has 0 unspecified atom stereocenters. The van der Waals surface area contributed by atoms with Crippen LogP contribution < -0.4 is 19.5 Å². The summed E-state index contributed by atoms with van der Waals surface area (Å²) in [6, 6.07) is 13.1. The molecule has 1 aliphatic rings. The molecular weight excluding hydrogens is 578 g/mol. The Hall–Kier alpha value is -4.02. The van der Waals surface area contributed by atoms with Crippen molar-refractivity contribution in [1.82, 2.24) is 9.29 Å². The number of nitrogens with one attached hydrogen (secondary N) is 2. The van der Waals surface area contributed by atoms with Crippen LogP contribution in [0.25, 0.3) is 10.9 Å². The second-order valence-electron chi connectivity index (χ2n) is 10.3. The maximum Gasteiger partial charge on any atom is 0.265 e. The average molecular weight is 610 g/mol. The molecule has 220 valence electrons. The van der Waals surface area contributed by atoms with Gasteiger partial charge in [0, 0.05) is 33.7 Å². The summed E-state index contributed by atoms with van der Waals surface area (Å²) in [6.07, 6.45) is 1.52. The van der Waals surface area contributed by atoms with Crippen molar-refractivity contribution in [1.29, 1.82) is 0 Å². The Balaban J connectivity index is 1.32. The number of aryl methyl sites for hydroxylation is 4. The van der Waals surface area contributed by atoms with Gasteiger partial charge in [0.25, 0.3) is 21.8 Å². The van der Waals surface area contributed by atoms with Crippen molar-refractivity contribution in [3.63, 3.8) is 0 Å². The van der Waals surface area contributed by atoms with Crippen molar-refractivity contribution < 1.29 is 27.5 Å². The fourth-order valence-corrected chi connectivity index (χ4v) is 6.41. The fourth-order valence-electron chi connectivity index (χ4n) is 5.30. The largest absolute Gasteiger partial charge is 0.494 e. The van der Waals surface area contributed by atoms with E-state index in [-0.39, 0.29) is 28.7 Å². The van der Waals surface area contributed by atoms with Crippen molar-refractivity contribution in [3.8, 4) is 11.5 Å². The number of hydrogen-bond donors (Lipinski definition) is 2. The first-order valence-corrected chi connectivity index (χ1v) is 15.5. The lowest BCUT2D eigenvalue weighted by atomic mass is 10.1. The van der Waals surface area contributed by atoms with Crippen LogP contribution in [0.3, 0.4) is 0 Å². The van der Waals surface area contributed by atoms with Crippen LogP contribution in [0.2, 0.25) is 5.02 Å². The third kappa shape index (κ3) is 5.82. The maximum atomic E-state index is 13.1. The molecule has 0 bridgehead atoms. The first-order valence-electron chi connectivity index (χ1n) is 13.6. The van der Waals surface area contributed by atoms with E-state index in [0.717, 1.165) is 56.9 Å². The number of aromatic nitrogens is 1. The normalized spacial score (nSPS) is 12.9. The predicted octanol–water partition coefficient (Wildman–Crippen LogP) is 5.70. The van der Waals surface area contributed by atoms with E-state index in [4.69, 9.17) is 21.1 Å².